The number of sulfonamides is 1. The molecule has 3 aromatic carbocycles. The van der Waals surface area contributed by atoms with E-state index in [9.17, 15) is 26.8 Å². The molecule has 0 saturated carbocycles. The van der Waals surface area contributed by atoms with Crippen LogP contribution in [0.2, 0.25) is 0 Å². The fourth-order valence-electron chi connectivity index (χ4n) is 4.22. The number of hydrogen-bond acceptors (Lipinski definition) is 4. The monoisotopic (exact) mass is 571 g/mol. The van der Waals surface area contributed by atoms with Crippen LogP contribution in [0.1, 0.15) is 37.0 Å². The van der Waals surface area contributed by atoms with Gasteiger partial charge in [-0.05, 0) is 49.1 Å². The molecule has 2 amide bonds. The molecule has 0 aliphatic heterocycles. The van der Waals surface area contributed by atoms with Crippen LogP contribution in [0.15, 0.2) is 72.8 Å². The summed E-state index contributed by atoms with van der Waals surface area (Å²) < 4.78 is 53.8. The number of aryl methyl sites for hydroxylation is 1. The van der Waals surface area contributed by atoms with Gasteiger partial charge < -0.3 is 10.2 Å². The van der Waals surface area contributed by atoms with Crippen LogP contribution in [-0.2, 0) is 32.6 Å². The van der Waals surface area contributed by atoms with E-state index in [1.54, 1.807) is 0 Å². The Morgan fingerprint density at radius 3 is 2.20 bits per heavy atom. The molecule has 3 rings (SSSR count). The highest BCUT2D eigenvalue weighted by Crippen LogP contribution is 2.23. The Bertz CT molecular complexity index is 1430. The minimum atomic E-state index is -4.09. The molecule has 0 fully saturated rings. The molecule has 0 aliphatic rings. The van der Waals surface area contributed by atoms with Crippen molar-refractivity contribution in [2.45, 2.75) is 52.2 Å². The number of nitrogens with zero attached hydrogens (tertiary/aromatic N) is 2. The molecule has 0 saturated heterocycles. The second-order valence-corrected chi connectivity index (χ2v) is 11.7. The van der Waals surface area contributed by atoms with Crippen molar-refractivity contribution in [1.29, 1.82) is 0 Å². The molecular formula is C30H35F2N3O4S. The van der Waals surface area contributed by atoms with Gasteiger partial charge in [0, 0.05) is 25.1 Å². The third-order valence-electron chi connectivity index (χ3n) is 6.74. The first-order valence-electron chi connectivity index (χ1n) is 13.0. The van der Waals surface area contributed by atoms with Crippen LogP contribution in [0, 0.1) is 18.6 Å². The van der Waals surface area contributed by atoms with Gasteiger partial charge in [0.2, 0.25) is 21.8 Å². The Hall–Kier alpha value is -3.79. The van der Waals surface area contributed by atoms with Crippen molar-refractivity contribution in [3.8, 4) is 0 Å². The predicted molar refractivity (Wildman–Crippen MR) is 152 cm³/mol. The average molecular weight is 572 g/mol. The number of anilines is 1. The Kier molecular flexibility index (Phi) is 10.4. The second-order valence-electron chi connectivity index (χ2n) is 9.84. The lowest BCUT2D eigenvalue weighted by atomic mass is 10.0. The van der Waals surface area contributed by atoms with Crippen molar-refractivity contribution < 1.29 is 26.8 Å². The van der Waals surface area contributed by atoms with E-state index in [1.165, 1.54) is 4.90 Å². The van der Waals surface area contributed by atoms with Crippen molar-refractivity contribution in [3.05, 3.63) is 101 Å². The normalized spacial score (nSPS) is 12.8. The summed E-state index contributed by atoms with van der Waals surface area (Å²) in [6, 6.07) is 18.1. The molecule has 40 heavy (non-hydrogen) atoms. The first-order valence-corrected chi connectivity index (χ1v) is 14.9. The summed E-state index contributed by atoms with van der Waals surface area (Å²) >= 11 is 0. The van der Waals surface area contributed by atoms with E-state index in [2.05, 4.69) is 5.32 Å². The number of carbonyl (C=O) groups excluding carboxylic acids is 2. The van der Waals surface area contributed by atoms with E-state index >= 15 is 0 Å². The Balaban J connectivity index is 2.08. The molecular weight excluding hydrogens is 536 g/mol. The molecule has 10 heteroatoms. The van der Waals surface area contributed by atoms with E-state index in [-0.39, 0.29) is 30.6 Å². The van der Waals surface area contributed by atoms with Crippen LogP contribution < -0.4 is 9.62 Å². The number of amides is 2. The van der Waals surface area contributed by atoms with Crippen molar-refractivity contribution in [3.63, 3.8) is 0 Å². The van der Waals surface area contributed by atoms with Gasteiger partial charge in [-0.1, -0.05) is 61.5 Å². The minimum Gasteiger partial charge on any atom is -0.352 e. The van der Waals surface area contributed by atoms with Crippen molar-refractivity contribution in [2.24, 2.45) is 0 Å². The minimum absolute atomic E-state index is 0.0340. The Morgan fingerprint density at radius 2 is 1.60 bits per heavy atom. The summed E-state index contributed by atoms with van der Waals surface area (Å²) in [5.41, 5.74) is 2.29. The lowest BCUT2D eigenvalue weighted by molar-refractivity contribution is -0.140. The van der Waals surface area contributed by atoms with Gasteiger partial charge in [-0.2, -0.15) is 0 Å². The van der Waals surface area contributed by atoms with Gasteiger partial charge >= 0.3 is 0 Å². The van der Waals surface area contributed by atoms with Gasteiger partial charge in [0.05, 0.1) is 11.9 Å². The number of benzene rings is 3. The largest absolute Gasteiger partial charge is 0.352 e. The topological polar surface area (TPSA) is 86.8 Å². The van der Waals surface area contributed by atoms with Crippen LogP contribution >= 0.6 is 0 Å². The van der Waals surface area contributed by atoms with Gasteiger partial charge in [0.25, 0.3) is 0 Å². The molecule has 0 aliphatic carbocycles. The number of rotatable bonds is 12. The number of halogens is 2. The molecule has 2 atom stereocenters. The van der Waals surface area contributed by atoms with Gasteiger partial charge in [0.1, 0.15) is 12.6 Å². The molecule has 0 unspecified atom stereocenters. The SMILES string of the molecule is CC[C@H](C)NC(=O)[C@H](Cc1ccccc1)N(Cc1ccccc1C)C(=O)CN(c1ccc(F)c(F)c1)S(C)(=O)=O. The summed E-state index contributed by atoms with van der Waals surface area (Å²) in [5, 5.41) is 2.96. The van der Waals surface area contributed by atoms with Crippen LogP contribution in [0.4, 0.5) is 14.5 Å². The highest BCUT2D eigenvalue weighted by atomic mass is 32.2. The Labute approximate surface area is 234 Å². The summed E-state index contributed by atoms with van der Waals surface area (Å²) in [7, 11) is -4.09. The number of nitrogens with one attached hydrogen (secondary N) is 1. The standard InChI is InChI=1S/C30H35F2N3O4S/c1-5-22(3)33-30(37)28(17-23-12-7-6-8-13-23)34(19-24-14-10-9-11-21(24)2)29(36)20-35(40(4,38)39)25-15-16-26(31)27(32)18-25/h6-16,18,22,28H,5,17,19-20H2,1-4H3,(H,33,37)/t22-,28-/m0/s1. The van der Waals surface area contributed by atoms with Crippen molar-refractivity contribution in [2.75, 3.05) is 17.1 Å². The lowest BCUT2D eigenvalue weighted by Gasteiger charge is -2.34. The molecule has 0 spiro atoms. The summed E-state index contributed by atoms with van der Waals surface area (Å²) in [4.78, 5) is 29.0. The highest BCUT2D eigenvalue weighted by Gasteiger charge is 2.33. The maximum Gasteiger partial charge on any atom is 0.244 e. The summed E-state index contributed by atoms with van der Waals surface area (Å²) in [6.45, 7) is 5.00. The summed E-state index contributed by atoms with van der Waals surface area (Å²) in [6.07, 6.45) is 1.74. The zero-order valence-corrected chi connectivity index (χ0v) is 23.9. The Morgan fingerprint density at radius 1 is 0.950 bits per heavy atom. The zero-order valence-electron chi connectivity index (χ0n) is 23.1. The molecule has 0 radical (unpaired) electrons. The van der Waals surface area contributed by atoms with E-state index < -0.39 is 40.2 Å². The fourth-order valence-corrected chi connectivity index (χ4v) is 5.06. The first-order chi connectivity index (χ1) is 18.9. The van der Waals surface area contributed by atoms with E-state index in [4.69, 9.17) is 0 Å². The van der Waals surface area contributed by atoms with Gasteiger partial charge in [-0.25, -0.2) is 17.2 Å². The number of hydrogen-bond donors (Lipinski definition) is 1. The van der Waals surface area contributed by atoms with Crippen molar-refractivity contribution >= 4 is 27.5 Å². The van der Waals surface area contributed by atoms with E-state index in [0.717, 1.165) is 45.5 Å². The molecule has 0 bridgehead atoms. The van der Waals surface area contributed by atoms with Crippen molar-refractivity contribution in [1.82, 2.24) is 10.2 Å². The molecule has 7 nitrogen and oxygen atoms in total. The van der Waals surface area contributed by atoms with Crippen LogP contribution in [0.5, 0.6) is 0 Å². The molecule has 0 aromatic heterocycles. The maximum atomic E-state index is 14.0. The van der Waals surface area contributed by atoms with E-state index in [0.29, 0.717) is 6.42 Å². The quantitative estimate of drug-likeness (QED) is 0.345. The fraction of sp³-hybridized carbons (Fsp3) is 0.333. The predicted octanol–water partition coefficient (Wildman–Crippen LogP) is 4.59. The third-order valence-corrected chi connectivity index (χ3v) is 7.89. The van der Waals surface area contributed by atoms with Crippen LogP contribution in [0.25, 0.3) is 0 Å². The third kappa shape index (κ3) is 8.11. The van der Waals surface area contributed by atoms with Gasteiger partial charge in [0.15, 0.2) is 11.6 Å². The first kappa shape index (κ1) is 30.7. The average Bonchev–Trinajstić information content (AvgIpc) is 2.91. The molecule has 1 N–H and O–H groups in total. The molecule has 0 heterocycles. The lowest BCUT2D eigenvalue weighted by Crippen LogP contribution is -2.54. The number of carbonyl (C=O) groups is 2. The zero-order chi connectivity index (χ0) is 29.4. The molecule has 214 valence electrons. The second kappa shape index (κ2) is 13.5. The maximum absolute atomic E-state index is 14.0. The van der Waals surface area contributed by atoms with Gasteiger partial charge in [-0.15, -0.1) is 0 Å². The van der Waals surface area contributed by atoms with Gasteiger partial charge in [-0.3, -0.25) is 13.9 Å². The van der Waals surface area contributed by atoms with Crippen LogP contribution in [0.3, 0.4) is 0 Å². The smallest absolute Gasteiger partial charge is 0.244 e. The highest BCUT2D eigenvalue weighted by molar-refractivity contribution is 7.92. The van der Waals surface area contributed by atoms with Crippen LogP contribution in [-0.4, -0.2) is 50.0 Å². The van der Waals surface area contributed by atoms with E-state index in [1.807, 2.05) is 75.4 Å². The molecule has 3 aromatic rings. The summed E-state index contributed by atoms with van der Waals surface area (Å²) in [5.74, 6) is -3.43.